The van der Waals surface area contributed by atoms with Crippen molar-refractivity contribution in [3.8, 4) is 0 Å². The van der Waals surface area contributed by atoms with Crippen LogP contribution in [0.25, 0.3) is 0 Å². The van der Waals surface area contributed by atoms with Crippen LogP contribution in [0.3, 0.4) is 0 Å². The second kappa shape index (κ2) is 9.07. The van der Waals surface area contributed by atoms with E-state index in [0.717, 1.165) is 57.5 Å². The molecule has 6 nitrogen and oxygen atoms in total. The summed E-state index contributed by atoms with van der Waals surface area (Å²) in [5.41, 5.74) is 2.99. The van der Waals surface area contributed by atoms with E-state index in [1.54, 1.807) is 17.3 Å². The largest absolute Gasteiger partial charge is 0.367 e. The van der Waals surface area contributed by atoms with Crippen molar-refractivity contribution in [3.05, 3.63) is 59.9 Å². The summed E-state index contributed by atoms with van der Waals surface area (Å²) < 4.78 is 0. The Kier molecular flexibility index (Phi) is 6.08. The Balaban J connectivity index is 1.34. The van der Waals surface area contributed by atoms with Gasteiger partial charge in [0.2, 0.25) is 6.41 Å². The third-order valence-electron chi connectivity index (χ3n) is 6.07. The molecule has 0 radical (unpaired) electrons. The number of nitrogens with zero attached hydrogens (tertiary/aromatic N) is 4. The molecule has 3 heterocycles. The maximum absolute atomic E-state index is 13.0. The van der Waals surface area contributed by atoms with E-state index in [4.69, 9.17) is 0 Å². The lowest BCUT2D eigenvalue weighted by atomic mass is 9.90. The summed E-state index contributed by atoms with van der Waals surface area (Å²) >= 11 is 0. The van der Waals surface area contributed by atoms with Crippen LogP contribution in [0.15, 0.2) is 48.8 Å². The number of piperidine rings is 1. The topological polar surface area (TPSA) is 56.8 Å². The minimum Gasteiger partial charge on any atom is -0.367 e. The van der Waals surface area contributed by atoms with Crippen LogP contribution >= 0.6 is 0 Å². The molecule has 1 aromatic heterocycles. The Labute approximate surface area is 172 Å². The van der Waals surface area contributed by atoms with Crippen molar-refractivity contribution >= 4 is 18.0 Å². The van der Waals surface area contributed by atoms with Gasteiger partial charge in [0.25, 0.3) is 5.91 Å². The second-order valence-corrected chi connectivity index (χ2v) is 7.99. The van der Waals surface area contributed by atoms with Crippen LogP contribution < -0.4 is 4.90 Å². The molecule has 2 saturated heterocycles. The fraction of sp³-hybridized carbons (Fsp3) is 0.435. The van der Waals surface area contributed by atoms with E-state index in [0.29, 0.717) is 24.6 Å². The first-order valence-corrected chi connectivity index (χ1v) is 10.5. The molecule has 152 valence electrons. The fourth-order valence-corrected chi connectivity index (χ4v) is 4.27. The molecule has 2 aliphatic heterocycles. The number of carbonyl (C=O) groups is 2. The van der Waals surface area contributed by atoms with Gasteiger partial charge in [0.15, 0.2) is 0 Å². The fourth-order valence-electron chi connectivity index (χ4n) is 4.27. The highest BCUT2D eigenvalue weighted by atomic mass is 16.2. The highest BCUT2D eigenvalue weighted by Crippen LogP contribution is 2.24. The summed E-state index contributed by atoms with van der Waals surface area (Å²) in [5, 5.41) is 0. The number of piperazine rings is 1. The number of anilines is 1. The van der Waals surface area contributed by atoms with Gasteiger partial charge in [-0.2, -0.15) is 0 Å². The lowest BCUT2D eigenvalue weighted by Crippen LogP contribution is -2.45. The summed E-state index contributed by atoms with van der Waals surface area (Å²) in [6.45, 7) is 4.55. The van der Waals surface area contributed by atoms with Crippen molar-refractivity contribution in [3.63, 3.8) is 0 Å². The third kappa shape index (κ3) is 4.75. The van der Waals surface area contributed by atoms with Crippen molar-refractivity contribution in [1.29, 1.82) is 0 Å². The molecule has 0 N–H and O–H groups in total. The minimum atomic E-state index is 0.0732. The Morgan fingerprint density at radius 2 is 1.72 bits per heavy atom. The zero-order valence-corrected chi connectivity index (χ0v) is 16.7. The zero-order chi connectivity index (χ0) is 20.1. The molecule has 4 rings (SSSR count). The van der Waals surface area contributed by atoms with Gasteiger partial charge in [0, 0.05) is 45.5 Å². The number of likely N-dealkylation sites (tertiary alicyclic amines) is 1. The van der Waals surface area contributed by atoms with Gasteiger partial charge in [-0.25, -0.2) is 0 Å². The lowest BCUT2D eigenvalue weighted by molar-refractivity contribution is -0.118. The highest BCUT2D eigenvalue weighted by molar-refractivity contribution is 5.94. The quantitative estimate of drug-likeness (QED) is 0.734. The van der Waals surface area contributed by atoms with Crippen molar-refractivity contribution in [1.82, 2.24) is 14.8 Å². The molecule has 2 amide bonds. The van der Waals surface area contributed by atoms with Crippen LogP contribution in [0, 0.1) is 5.92 Å². The first kappa shape index (κ1) is 19.4. The molecule has 2 fully saturated rings. The first-order valence-electron chi connectivity index (χ1n) is 10.5. The third-order valence-corrected chi connectivity index (χ3v) is 6.07. The van der Waals surface area contributed by atoms with Gasteiger partial charge in [0.1, 0.15) is 0 Å². The van der Waals surface area contributed by atoms with Crippen LogP contribution in [-0.4, -0.2) is 66.4 Å². The van der Waals surface area contributed by atoms with E-state index in [1.165, 1.54) is 5.56 Å². The summed E-state index contributed by atoms with van der Waals surface area (Å²) in [5.74, 6) is 0.712. The van der Waals surface area contributed by atoms with Crippen molar-refractivity contribution in [2.75, 3.05) is 44.2 Å². The smallest absolute Gasteiger partial charge is 0.255 e. The van der Waals surface area contributed by atoms with E-state index in [2.05, 4.69) is 40.2 Å². The molecule has 0 spiro atoms. The normalized spacial score (nSPS) is 18.0. The van der Waals surface area contributed by atoms with E-state index in [9.17, 15) is 9.59 Å². The van der Waals surface area contributed by atoms with Gasteiger partial charge in [-0.3, -0.25) is 14.6 Å². The van der Waals surface area contributed by atoms with Crippen molar-refractivity contribution in [2.45, 2.75) is 19.3 Å². The number of amides is 2. The summed E-state index contributed by atoms with van der Waals surface area (Å²) in [6.07, 6.45) is 7.55. The van der Waals surface area contributed by atoms with Crippen LogP contribution in [-0.2, 0) is 11.2 Å². The predicted octanol–water partition coefficient (Wildman–Crippen LogP) is 2.45. The van der Waals surface area contributed by atoms with Gasteiger partial charge in [-0.05, 0) is 36.8 Å². The van der Waals surface area contributed by atoms with Gasteiger partial charge in [-0.1, -0.05) is 30.3 Å². The summed E-state index contributed by atoms with van der Waals surface area (Å²) in [6, 6.07) is 12.5. The standard InChI is InChI=1S/C23H28N4O2/c28-18-25-10-12-26(13-11-25)22-15-21(16-24-17-22)23(29)27-8-6-20(7-9-27)14-19-4-2-1-3-5-19/h1-5,15-18,20H,6-14H2. The lowest BCUT2D eigenvalue weighted by Gasteiger charge is -2.34. The molecule has 1 aromatic carbocycles. The van der Waals surface area contributed by atoms with E-state index in [-0.39, 0.29) is 5.91 Å². The van der Waals surface area contributed by atoms with E-state index >= 15 is 0 Å². The molecule has 0 atom stereocenters. The first-order chi connectivity index (χ1) is 14.2. The van der Waals surface area contributed by atoms with Crippen molar-refractivity contribution < 1.29 is 9.59 Å². The Morgan fingerprint density at radius 1 is 1.00 bits per heavy atom. The van der Waals surface area contributed by atoms with E-state index in [1.807, 2.05) is 11.0 Å². The highest BCUT2D eigenvalue weighted by Gasteiger charge is 2.25. The van der Waals surface area contributed by atoms with Gasteiger partial charge < -0.3 is 14.7 Å². The maximum atomic E-state index is 13.0. The average Bonchev–Trinajstić information content (AvgIpc) is 2.80. The molecular formula is C23H28N4O2. The Hall–Kier alpha value is -2.89. The predicted molar refractivity (Wildman–Crippen MR) is 113 cm³/mol. The molecule has 2 aromatic rings. The number of hydrogen-bond donors (Lipinski definition) is 0. The van der Waals surface area contributed by atoms with Gasteiger partial charge in [0.05, 0.1) is 17.4 Å². The minimum absolute atomic E-state index is 0.0732. The van der Waals surface area contributed by atoms with Crippen LogP contribution in [0.1, 0.15) is 28.8 Å². The maximum Gasteiger partial charge on any atom is 0.255 e. The number of carbonyl (C=O) groups excluding carboxylic acids is 2. The number of rotatable bonds is 5. The molecule has 29 heavy (non-hydrogen) atoms. The summed E-state index contributed by atoms with van der Waals surface area (Å²) in [4.78, 5) is 34.1. The van der Waals surface area contributed by atoms with Crippen LogP contribution in [0.2, 0.25) is 0 Å². The number of pyridine rings is 1. The number of benzene rings is 1. The van der Waals surface area contributed by atoms with Crippen LogP contribution in [0.4, 0.5) is 5.69 Å². The molecular weight excluding hydrogens is 364 g/mol. The molecule has 2 aliphatic rings. The molecule has 0 unspecified atom stereocenters. The molecule has 0 saturated carbocycles. The second-order valence-electron chi connectivity index (χ2n) is 7.99. The van der Waals surface area contributed by atoms with E-state index < -0.39 is 0 Å². The van der Waals surface area contributed by atoms with Gasteiger partial charge >= 0.3 is 0 Å². The number of aromatic nitrogens is 1. The SMILES string of the molecule is O=CN1CCN(c2cncc(C(=O)N3CCC(Cc4ccccc4)CC3)c2)CC1. The van der Waals surface area contributed by atoms with Crippen molar-refractivity contribution in [2.24, 2.45) is 5.92 Å². The summed E-state index contributed by atoms with van der Waals surface area (Å²) in [7, 11) is 0. The number of hydrogen-bond acceptors (Lipinski definition) is 4. The zero-order valence-electron chi connectivity index (χ0n) is 16.7. The molecule has 6 heteroatoms. The van der Waals surface area contributed by atoms with Crippen LogP contribution in [0.5, 0.6) is 0 Å². The Morgan fingerprint density at radius 3 is 2.41 bits per heavy atom. The van der Waals surface area contributed by atoms with Gasteiger partial charge in [-0.15, -0.1) is 0 Å². The molecule has 0 aliphatic carbocycles. The molecule has 0 bridgehead atoms. The monoisotopic (exact) mass is 392 g/mol. The average molecular weight is 393 g/mol. The Bertz CT molecular complexity index is 826.